The van der Waals surface area contributed by atoms with E-state index in [0.29, 0.717) is 48.3 Å². The summed E-state index contributed by atoms with van der Waals surface area (Å²) in [6, 6.07) is 12.0. The van der Waals surface area contributed by atoms with Crippen LogP contribution in [0.25, 0.3) is 11.3 Å². The van der Waals surface area contributed by atoms with Crippen molar-refractivity contribution >= 4 is 27.7 Å². The molecule has 288 valence electrons. The number of likely N-dealkylation sites (N-methyl/N-ethyl adjacent to an activating group) is 1. The zero-order chi connectivity index (χ0) is 38.4. The predicted octanol–water partition coefficient (Wildman–Crippen LogP) is 7.01. The maximum atomic E-state index is 14.5. The Morgan fingerprint density at radius 1 is 1.04 bits per heavy atom. The van der Waals surface area contributed by atoms with Gasteiger partial charge >= 0.3 is 0 Å². The Bertz CT molecular complexity index is 2030. The first-order chi connectivity index (χ1) is 25.9. The molecule has 12 nitrogen and oxygen atoms in total. The number of amides is 1. The molecular weight excluding hydrogens is 703 g/mol. The smallest absolute Gasteiger partial charge is 0.264 e. The van der Waals surface area contributed by atoms with Gasteiger partial charge in [0, 0.05) is 37.4 Å². The van der Waals surface area contributed by atoms with Crippen LogP contribution in [-0.2, 0) is 27.7 Å². The Morgan fingerprint density at radius 2 is 1.81 bits per heavy atom. The lowest BCUT2D eigenvalue weighted by molar-refractivity contribution is 0.0549. The Balaban J connectivity index is 1.43. The minimum absolute atomic E-state index is 0.0710. The summed E-state index contributed by atoms with van der Waals surface area (Å²) in [5.41, 5.74) is 5.35. The minimum atomic E-state index is -4.20. The molecule has 0 saturated heterocycles. The number of aromatic nitrogens is 4. The zero-order valence-corrected chi connectivity index (χ0v) is 33.2. The molecule has 13 heteroatoms. The number of hydrogen-bond acceptors (Lipinski definition) is 10. The number of anilines is 2. The molecule has 1 amide bonds. The number of fused-ring (bicyclic) bond motifs is 4. The van der Waals surface area contributed by atoms with E-state index in [4.69, 9.17) is 14.5 Å². The van der Waals surface area contributed by atoms with Crippen molar-refractivity contribution in [1.29, 1.82) is 0 Å². The van der Waals surface area contributed by atoms with Crippen LogP contribution in [0.1, 0.15) is 85.1 Å². The molecule has 1 atom stereocenters. The van der Waals surface area contributed by atoms with Crippen molar-refractivity contribution in [2.24, 2.45) is 11.8 Å². The molecule has 4 aromatic rings. The molecule has 2 aromatic carbocycles. The molecular formula is C41H53N7O5S. The topological polar surface area (TPSA) is 140 Å². The van der Waals surface area contributed by atoms with Gasteiger partial charge in [-0.25, -0.2) is 23.1 Å². The van der Waals surface area contributed by atoms with Crippen LogP contribution >= 0.6 is 0 Å². The van der Waals surface area contributed by atoms with E-state index in [9.17, 15) is 13.2 Å². The minimum Gasteiger partial charge on any atom is -0.475 e. The van der Waals surface area contributed by atoms with Crippen LogP contribution in [0.3, 0.4) is 0 Å². The van der Waals surface area contributed by atoms with Gasteiger partial charge in [0.2, 0.25) is 11.8 Å². The number of methoxy groups -OCH3 is 1. The van der Waals surface area contributed by atoms with E-state index < -0.39 is 16.1 Å². The SMILES string of the molecule is COCCN(C)c1cnc(CN2C(=O)c3cccc(c3)S(=O)(=O)Nc3nc(c(C)c(-c4c(C)cccc4CC4CCCCC4)n3)OC[C@H]2CC(C)C)cn1. The fraction of sp³-hybridized carbons (Fsp3) is 0.488. The van der Waals surface area contributed by atoms with E-state index in [0.717, 1.165) is 17.5 Å². The summed E-state index contributed by atoms with van der Waals surface area (Å²) in [5.74, 6) is 1.30. The fourth-order valence-electron chi connectivity index (χ4n) is 7.52. The normalized spacial score (nSPS) is 17.6. The first-order valence-electron chi connectivity index (χ1n) is 19.0. The van der Waals surface area contributed by atoms with E-state index >= 15 is 0 Å². The highest BCUT2D eigenvalue weighted by molar-refractivity contribution is 7.92. The largest absolute Gasteiger partial charge is 0.475 e. The summed E-state index contributed by atoms with van der Waals surface area (Å²) in [6.07, 6.45) is 11.0. The second kappa shape index (κ2) is 17.2. The molecule has 0 unspecified atom stereocenters. The van der Waals surface area contributed by atoms with Gasteiger partial charge in [0.1, 0.15) is 12.4 Å². The molecule has 0 radical (unpaired) electrons. The number of ether oxygens (including phenoxy) is 2. The summed E-state index contributed by atoms with van der Waals surface area (Å²) < 4.78 is 42.3. The number of benzene rings is 2. The van der Waals surface area contributed by atoms with E-state index in [1.165, 1.54) is 49.8 Å². The quantitative estimate of drug-likeness (QED) is 0.170. The standard InChI is InChI=1S/C41H53N7O5S/c1-27(2)20-34-26-53-39-29(4)38(37-28(3)12-10-15-31(37)21-30-13-8-7-9-14-30)44-41(45-39)46-54(50,51)35-17-11-16-32(22-35)40(49)48(34)25-33-23-43-36(24-42-33)47(5)18-19-52-6/h10-12,15-17,22-24,27,30,34H,7-9,13-14,18-21,25-26H2,1-6H3,(H,44,45,46)/t34-/m1/s1. The van der Waals surface area contributed by atoms with Crippen molar-refractivity contribution in [2.75, 3.05) is 43.5 Å². The Kier molecular flexibility index (Phi) is 12.5. The van der Waals surface area contributed by atoms with Crippen molar-refractivity contribution in [3.05, 3.63) is 82.8 Å². The molecule has 6 rings (SSSR count). The number of carbonyl (C=O) groups excluding carboxylic acids is 1. The summed E-state index contributed by atoms with van der Waals surface area (Å²) >= 11 is 0. The second-order valence-corrected chi connectivity index (χ2v) is 16.8. The molecule has 4 bridgehead atoms. The van der Waals surface area contributed by atoms with Gasteiger partial charge in [0.15, 0.2) is 0 Å². The second-order valence-electron chi connectivity index (χ2n) is 15.1. The van der Waals surface area contributed by atoms with Crippen molar-refractivity contribution < 1.29 is 22.7 Å². The monoisotopic (exact) mass is 755 g/mol. The van der Waals surface area contributed by atoms with Crippen LogP contribution in [0.5, 0.6) is 5.88 Å². The number of aryl methyl sites for hydroxylation is 1. The molecule has 1 N–H and O–H groups in total. The van der Waals surface area contributed by atoms with E-state index in [1.807, 2.05) is 18.9 Å². The molecule has 2 aliphatic rings. The van der Waals surface area contributed by atoms with Gasteiger partial charge in [-0.3, -0.25) is 9.78 Å². The van der Waals surface area contributed by atoms with Crippen molar-refractivity contribution in [3.8, 4) is 17.1 Å². The third kappa shape index (κ3) is 9.18. The van der Waals surface area contributed by atoms with E-state index in [1.54, 1.807) is 36.5 Å². The van der Waals surface area contributed by atoms with Crippen molar-refractivity contribution in [2.45, 2.75) is 90.1 Å². The maximum absolute atomic E-state index is 14.5. The molecule has 1 fully saturated rings. The van der Waals surface area contributed by atoms with Crippen molar-refractivity contribution in [3.63, 3.8) is 0 Å². The van der Waals surface area contributed by atoms with Gasteiger partial charge in [-0.1, -0.05) is 70.2 Å². The lowest BCUT2D eigenvalue weighted by atomic mass is 9.82. The Hall–Kier alpha value is -4.62. The lowest BCUT2D eigenvalue weighted by Gasteiger charge is -2.33. The van der Waals surface area contributed by atoms with Gasteiger partial charge in [-0.05, 0) is 67.9 Å². The van der Waals surface area contributed by atoms with Crippen LogP contribution in [0.4, 0.5) is 11.8 Å². The number of hydrogen-bond donors (Lipinski definition) is 1. The third-order valence-electron chi connectivity index (χ3n) is 10.5. The van der Waals surface area contributed by atoms with E-state index in [2.05, 4.69) is 58.6 Å². The average Bonchev–Trinajstić information content (AvgIpc) is 3.16. The number of carbonyl (C=O) groups is 1. The van der Waals surface area contributed by atoms with Gasteiger partial charge < -0.3 is 19.3 Å². The highest BCUT2D eigenvalue weighted by atomic mass is 32.2. The number of nitrogens with one attached hydrogen (secondary N) is 1. The lowest BCUT2D eigenvalue weighted by Crippen LogP contribution is -2.44. The van der Waals surface area contributed by atoms with Gasteiger partial charge in [-0.2, -0.15) is 4.98 Å². The molecule has 54 heavy (non-hydrogen) atoms. The van der Waals surface area contributed by atoms with Crippen LogP contribution in [0.2, 0.25) is 0 Å². The summed E-state index contributed by atoms with van der Waals surface area (Å²) in [7, 11) is -0.633. The molecule has 2 aromatic heterocycles. The number of nitrogens with zero attached hydrogens (tertiary/aromatic N) is 6. The van der Waals surface area contributed by atoms with Crippen LogP contribution in [-0.4, -0.2) is 79.1 Å². The van der Waals surface area contributed by atoms with Gasteiger partial charge in [0.05, 0.1) is 47.9 Å². The van der Waals surface area contributed by atoms with Crippen LogP contribution < -0.4 is 14.4 Å². The Labute approximate surface area is 319 Å². The van der Waals surface area contributed by atoms with Crippen molar-refractivity contribution in [1.82, 2.24) is 24.8 Å². The molecule has 1 saturated carbocycles. The molecule has 0 spiro atoms. The van der Waals surface area contributed by atoms with Gasteiger partial charge in [-0.15, -0.1) is 0 Å². The average molecular weight is 756 g/mol. The summed E-state index contributed by atoms with van der Waals surface area (Å²) in [4.78, 5) is 36.9. The maximum Gasteiger partial charge on any atom is 0.264 e. The predicted molar refractivity (Wildman–Crippen MR) is 210 cm³/mol. The summed E-state index contributed by atoms with van der Waals surface area (Å²) in [6.45, 7) is 9.63. The first kappa shape index (κ1) is 39.1. The molecule has 3 heterocycles. The number of rotatable bonds is 11. The summed E-state index contributed by atoms with van der Waals surface area (Å²) in [5, 5.41) is 0. The first-order valence-corrected chi connectivity index (χ1v) is 20.5. The molecule has 1 aliphatic carbocycles. The fourth-order valence-corrected chi connectivity index (χ4v) is 8.51. The number of sulfonamides is 1. The molecule has 1 aliphatic heterocycles. The Morgan fingerprint density at radius 3 is 2.54 bits per heavy atom. The van der Waals surface area contributed by atoms with E-state index in [-0.39, 0.29) is 47.3 Å². The highest BCUT2D eigenvalue weighted by Crippen LogP contribution is 2.37. The van der Waals surface area contributed by atoms with Gasteiger partial charge in [0.25, 0.3) is 15.9 Å². The van der Waals surface area contributed by atoms with Crippen LogP contribution in [0, 0.1) is 25.7 Å². The van der Waals surface area contributed by atoms with Crippen LogP contribution in [0.15, 0.2) is 59.8 Å². The zero-order valence-electron chi connectivity index (χ0n) is 32.3. The third-order valence-corrected chi connectivity index (χ3v) is 11.8. The highest BCUT2D eigenvalue weighted by Gasteiger charge is 2.31.